The van der Waals surface area contributed by atoms with E-state index in [0.29, 0.717) is 13.0 Å². The summed E-state index contributed by atoms with van der Waals surface area (Å²) < 4.78 is 6.75. The fourth-order valence-electron chi connectivity index (χ4n) is 2.81. The number of guanidine groups is 1. The highest BCUT2D eigenvalue weighted by Gasteiger charge is 2.33. The van der Waals surface area contributed by atoms with Crippen LogP contribution in [0.5, 0.6) is 0 Å². The quantitative estimate of drug-likeness (QED) is 0.144. The predicted octanol–water partition coefficient (Wildman–Crippen LogP) is -2.82. The Balaban J connectivity index is 2.01. The maximum atomic E-state index is 12.3. The Labute approximate surface area is 172 Å². The van der Waals surface area contributed by atoms with Gasteiger partial charge in [0.1, 0.15) is 5.82 Å². The van der Waals surface area contributed by atoms with Crippen LogP contribution in [0.3, 0.4) is 0 Å². The first-order chi connectivity index (χ1) is 14.1. The molecule has 0 aromatic carbocycles. The van der Waals surface area contributed by atoms with E-state index in [2.05, 4.69) is 10.3 Å². The molecule has 4 atom stereocenters. The summed E-state index contributed by atoms with van der Waals surface area (Å²) >= 11 is 0. The van der Waals surface area contributed by atoms with E-state index in [1.54, 1.807) is 7.05 Å². The molecule has 10 N–H and O–H groups in total. The lowest BCUT2D eigenvalue weighted by atomic mass is 10.1. The lowest BCUT2D eigenvalue weighted by Gasteiger charge is -2.31. The van der Waals surface area contributed by atoms with Crippen molar-refractivity contribution >= 4 is 23.6 Å². The van der Waals surface area contributed by atoms with Crippen LogP contribution in [-0.2, 0) is 14.3 Å². The number of carbonyl (C=O) groups excluding carboxylic acids is 2. The monoisotopic (exact) mass is 421 g/mol. The van der Waals surface area contributed by atoms with Gasteiger partial charge in [-0.3, -0.25) is 19.6 Å². The summed E-state index contributed by atoms with van der Waals surface area (Å²) in [6, 6.07) is 0.117. The second-order valence-corrected chi connectivity index (χ2v) is 6.93. The zero-order valence-electron chi connectivity index (χ0n) is 16.5. The standard InChI is InChI=1S/C17H27N9O4/c1-25(16(21)22)6-4-9(18)8-12(27)23-10-2-3-13(30-14(10)15(20)28)26-7-5-11(19)24-17(26)29/h2-3,5,7,9-10,13-14H,4,6,8,18H2,1H3,(H2,20,28)(H3,21,22)(H,23,27)(H2,19,24,29). The van der Waals surface area contributed by atoms with E-state index in [1.807, 2.05) is 0 Å². The molecular weight excluding hydrogens is 394 g/mol. The molecule has 4 unspecified atom stereocenters. The average molecular weight is 421 g/mol. The van der Waals surface area contributed by atoms with Crippen molar-refractivity contribution in [2.45, 2.75) is 37.3 Å². The van der Waals surface area contributed by atoms with Crippen LogP contribution in [0.2, 0.25) is 0 Å². The molecule has 1 aromatic rings. The maximum Gasteiger partial charge on any atom is 0.351 e. The molecule has 0 saturated heterocycles. The van der Waals surface area contributed by atoms with Gasteiger partial charge in [-0.25, -0.2) is 4.79 Å². The Bertz CT molecular complexity index is 884. The number of aromatic nitrogens is 2. The molecule has 0 aliphatic carbocycles. The molecule has 0 saturated carbocycles. The van der Waals surface area contributed by atoms with Crippen LogP contribution in [0.25, 0.3) is 0 Å². The summed E-state index contributed by atoms with van der Waals surface area (Å²) in [5.41, 5.74) is 21.5. The molecule has 30 heavy (non-hydrogen) atoms. The number of nitrogens with two attached hydrogens (primary N) is 4. The summed E-state index contributed by atoms with van der Waals surface area (Å²) in [7, 11) is 1.65. The van der Waals surface area contributed by atoms with Gasteiger partial charge in [0, 0.05) is 32.3 Å². The zero-order chi connectivity index (χ0) is 22.4. The van der Waals surface area contributed by atoms with Crippen molar-refractivity contribution < 1.29 is 14.3 Å². The Morgan fingerprint density at radius 3 is 2.70 bits per heavy atom. The number of anilines is 1. The lowest BCUT2D eigenvalue weighted by molar-refractivity contribution is -0.139. The first-order valence-corrected chi connectivity index (χ1v) is 9.16. The van der Waals surface area contributed by atoms with Gasteiger partial charge in [-0.1, -0.05) is 6.08 Å². The van der Waals surface area contributed by atoms with Crippen molar-refractivity contribution in [2.75, 3.05) is 19.3 Å². The van der Waals surface area contributed by atoms with Crippen molar-refractivity contribution in [1.29, 1.82) is 5.41 Å². The van der Waals surface area contributed by atoms with E-state index in [4.69, 9.17) is 33.1 Å². The molecule has 13 nitrogen and oxygen atoms in total. The fourth-order valence-corrected chi connectivity index (χ4v) is 2.81. The van der Waals surface area contributed by atoms with E-state index in [-0.39, 0.29) is 18.2 Å². The number of nitrogens with one attached hydrogen (secondary N) is 2. The molecular formula is C17H27N9O4. The fraction of sp³-hybridized carbons (Fsp3) is 0.471. The van der Waals surface area contributed by atoms with Gasteiger partial charge in [0.05, 0.1) is 6.04 Å². The molecule has 0 fully saturated rings. The van der Waals surface area contributed by atoms with Crippen LogP contribution in [0.1, 0.15) is 19.1 Å². The van der Waals surface area contributed by atoms with Crippen LogP contribution < -0.4 is 33.9 Å². The number of amides is 2. The van der Waals surface area contributed by atoms with Gasteiger partial charge in [0.25, 0.3) is 0 Å². The summed E-state index contributed by atoms with van der Waals surface area (Å²) in [5, 5.41) is 9.96. The SMILES string of the molecule is CN(CCC(N)CC(=O)NC1C=CC(n2ccc(N)nc2=O)OC1C(N)=O)C(=N)N. The average Bonchev–Trinajstić information content (AvgIpc) is 2.66. The van der Waals surface area contributed by atoms with Crippen LogP contribution in [-0.4, -0.2) is 64.0 Å². The molecule has 1 aromatic heterocycles. The van der Waals surface area contributed by atoms with Gasteiger partial charge < -0.3 is 37.9 Å². The molecule has 164 valence electrons. The first kappa shape index (κ1) is 22.8. The Kier molecular flexibility index (Phi) is 7.49. The molecule has 2 rings (SSSR count). The van der Waals surface area contributed by atoms with E-state index >= 15 is 0 Å². The number of carbonyl (C=O) groups is 2. The van der Waals surface area contributed by atoms with Gasteiger partial charge in [-0.05, 0) is 18.6 Å². The van der Waals surface area contributed by atoms with Crippen LogP contribution >= 0.6 is 0 Å². The molecule has 2 amide bonds. The first-order valence-electron chi connectivity index (χ1n) is 9.16. The second kappa shape index (κ2) is 9.84. The number of hydrogen-bond acceptors (Lipinski definition) is 8. The van der Waals surface area contributed by atoms with E-state index < -0.39 is 41.9 Å². The minimum atomic E-state index is -1.20. The van der Waals surface area contributed by atoms with E-state index in [9.17, 15) is 14.4 Å². The Hall–Kier alpha value is -3.45. The molecule has 1 aliphatic rings. The van der Waals surface area contributed by atoms with E-state index in [1.165, 1.54) is 29.3 Å². The summed E-state index contributed by atoms with van der Waals surface area (Å²) in [6.45, 7) is 0.423. The molecule has 13 heteroatoms. The highest BCUT2D eigenvalue weighted by Crippen LogP contribution is 2.20. The summed E-state index contributed by atoms with van der Waals surface area (Å²) in [6.07, 6.45) is 2.72. The second-order valence-electron chi connectivity index (χ2n) is 6.93. The van der Waals surface area contributed by atoms with Crippen molar-refractivity contribution in [2.24, 2.45) is 17.2 Å². The van der Waals surface area contributed by atoms with Gasteiger partial charge in [-0.2, -0.15) is 4.98 Å². The Morgan fingerprint density at radius 1 is 1.40 bits per heavy atom. The molecule has 0 radical (unpaired) electrons. The summed E-state index contributed by atoms with van der Waals surface area (Å²) in [4.78, 5) is 41.3. The molecule has 0 spiro atoms. The summed E-state index contributed by atoms with van der Waals surface area (Å²) in [5.74, 6) is -1.25. The topological polar surface area (TPSA) is 221 Å². The molecule has 1 aliphatic heterocycles. The number of nitrogens with zero attached hydrogens (tertiary/aromatic N) is 3. The molecule has 0 bridgehead atoms. The third-order valence-electron chi connectivity index (χ3n) is 4.52. The zero-order valence-corrected chi connectivity index (χ0v) is 16.5. The smallest absolute Gasteiger partial charge is 0.351 e. The van der Waals surface area contributed by atoms with Gasteiger partial charge in [0.2, 0.25) is 11.8 Å². The lowest BCUT2D eigenvalue weighted by Crippen LogP contribution is -2.53. The van der Waals surface area contributed by atoms with Crippen LogP contribution in [0, 0.1) is 5.41 Å². The predicted molar refractivity (Wildman–Crippen MR) is 109 cm³/mol. The number of ether oxygens (including phenoxy) is 1. The maximum absolute atomic E-state index is 12.3. The number of nitrogen functional groups attached to an aromatic ring is 1. The van der Waals surface area contributed by atoms with Crippen LogP contribution in [0.15, 0.2) is 29.2 Å². The third-order valence-corrected chi connectivity index (χ3v) is 4.52. The van der Waals surface area contributed by atoms with Gasteiger partial charge in [-0.15, -0.1) is 0 Å². The minimum Gasteiger partial charge on any atom is -0.383 e. The van der Waals surface area contributed by atoms with Crippen molar-refractivity contribution in [3.63, 3.8) is 0 Å². The largest absolute Gasteiger partial charge is 0.383 e. The third kappa shape index (κ3) is 6.02. The minimum absolute atomic E-state index is 0.00760. The molecule has 2 heterocycles. The normalized spacial score (nSPS) is 21.6. The number of rotatable bonds is 8. The van der Waals surface area contributed by atoms with Gasteiger partial charge >= 0.3 is 5.69 Å². The van der Waals surface area contributed by atoms with Crippen molar-refractivity contribution in [3.05, 3.63) is 34.9 Å². The van der Waals surface area contributed by atoms with Gasteiger partial charge in [0.15, 0.2) is 18.3 Å². The highest BCUT2D eigenvalue weighted by atomic mass is 16.5. The number of hydrogen-bond donors (Lipinski definition) is 6. The highest BCUT2D eigenvalue weighted by molar-refractivity contribution is 5.83. The number of primary amides is 1. The van der Waals surface area contributed by atoms with Crippen molar-refractivity contribution in [1.82, 2.24) is 19.8 Å². The van der Waals surface area contributed by atoms with Crippen molar-refractivity contribution in [3.8, 4) is 0 Å². The Morgan fingerprint density at radius 2 is 2.10 bits per heavy atom. The van der Waals surface area contributed by atoms with Crippen LogP contribution in [0.4, 0.5) is 5.82 Å². The van der Waals surface area contributed by atoms with E-state index in [0.717, 1.165) is 4.57 Å².